The van der Waals surface area contributed by atoms with E-state index in [2.05, 4.69) is 10.3 Å². The fourth-order valence-corrected chi connectivity index (χ4v) is 4.32. The van der Waals surface area contributed by atoms with Crippen molar-refractivity contribution in [1.82, 2.24) is 9.55 Å². The number of ether oxygens (including phenoxy) is 1. The lowest BCUT2D eigenvalue weighted by Crippen LogP contribution is -2.30. The zero-order chi connectivity index (χ0) is 21.1. The van der Waals surface area contributed by atoms with Crippen LogP contribution in [0.4, 0.5) is 10.1 Å². The Labute approximate surface area is 177 Å². The summed E-state index contributed by atoms with van der Waals surface area (Å²) in [5, 5.41) is 2.99. The van der Waals surface area contributed by atoms with Crippen molar-refractivity contribution >= 4 is 34.3 Å². The van der Waals surface area contributed by atoms with Gasteiger partial charge in [-0.1, -0.05) is 36.0 Å². The van der Waals surface area contributed by atoms with Crippen molar-refractivity contribution in [3.8, 4) is 0 Å². The third-order valence-corrected chi connectivity index (χ3v) is 6.11. The fraction of sp³-hybridized carbons (Fsp3) is 0.318. The maximum atomic E-state index is 13.9. The van der Waals surface area contributed by atoms with Crippen LogP contribution in [0.5, 0.6) is 0 Å². The van der Waals surface area contributed by atoms with E-state index in [9.17, 15) is 14.0 Å². The first kappa shape index (κ1) is 20.6. The van der Waals surface area contributed by atoms with Gasteiger partial charge in [0, 0.05) is 6.61 Å². The van der Waals surface area contributed by atoms with Crippen molar-refractivity contribution in [3.05, 3.63) is 64.7 Å². The molecular weight excluding hydrogens is 405 g/mol. The molecule has 6 nitrogen and oxygen atoms in total. The van der Waals surface area contributed by atoms with E-state index in [4.69, 9.17) is 4.74 Å². The molecule has 0 saturated carbocycles. The molecular formula is C22H22FN3O3S. The third kappa shape index (κ3) is 4.39. The van der Waals surface area contributed by atoms with Gasteiger partial charge in [-0.25, -0.2) is 9.37 Å². The van der Waals surface area contributed by atoms with Crippen molar-refractivity contribution in [3.63, 3.8) is 0 Å². The van der Waals surface area contributed by atoms with Gasteiger partial charge in [-0.15, -0.1) is 0 Å². The number of nitrogens with zero attached hydrogens (tertiary/aromatic N) is 2. The zero-order valence-corrected chi connectivity index (χ0v) is 17.3. The second-order valence-electron chi connectivity index (χ2n) is 7.19. The summed E-state index contributed by atoms with van der Waals surface area (Å²) < 4.78 is 21.2. The van der Waals surface area contributed by atoms with Gasteiger partial charge >= 0.3 is 0 Å². The molecule has 156 valence electrons. The second-order valence-corrected chi connectivity index (χ2v) is 8.50. The van der Waals surface area contributed by atoms with Crippen LogP contribution in [0.25, 0.3) is 10.9 Å². The van der Waals surface area contributed by atoms with Gasteiger partial charge in [-0.2, -0.15) is 0 Å². The predicted molar refractivity (Wildman–Crippen MR) is 115 cm³/mol. The molecule has 2 aromatic carbocycles. The topological polar surface area (TPSA) is 73.2 Å². The number of anilines is 1. The summed E-state index contributed by atoms with van der Waals surface area (Å²) in [5.41, 5.74) is 0.550. The van der Waals surface area contributed by atoms with E-state index < -0.39 is 11.1 Å². The first-order valence-electron chi connectivity index (χ1n) is 9.86. The van der Waals surface area contributed by atoms with Crippen LogP contribution >= 0.6 is 11.8 Å². The molecule has 4 rings (SSSR count). The molecule has 2 heterocycles. The van der Waals surface area contributed by atoms with E-state index >= 15 is 0 Å². The summed E-state index contributed by atoms with van der Waals surface area (Å²) in [5.74, 6) is -0.863. The van der Waals surface area contributed by atoms with E-state index in [0.29, 0.717) is 29.2 Å². The molecule has 1 fully saturated rings. The fourth-order valence-electron chi connectivity index (χ4n) is 3.40. The number of carbonyl (C=O) groups is 1. The number of amides is 1. The highest BCUT2D eigenvalue weighted by molar-refractivity contribution is 8.00. The normalized spacial score (nSPS) is 17.2. The molecule has 1 aromatic heterocycles. The first-order valence-corrected chi connectivity index (χ1v) is 10.7. The molecule has 0 spiro atoms. The number of halogens is 1. The Hall–Kier alpha value is -2.71. The van der Waals surface area contributed by atoms with Crippen molar-refractivity contribution in [1.29, 1.82) is 0 Å². The van der Waals surface area contributed by atoms with Gasteiger partial charge in [0.05, 0.1) is 34.5 Å². The molecule has 1 aliphatic heterocycles. The van der Waals surface area contributed by atoms with E-state index in [1.54, 1.807) is 41.8 Å². The summed E-state index contributed by atoms with van der Waals surface area (Å²) in [6.45, 7) is 2.78. The second kappa shape index (κ2) is 8.97. The van der Waals surface area contributed by atoms with Crippen LogP contribution in [0, 0.1) is 5.82 Å². The third-order valence-electron chi connectivity index (χ3n) is 5.02. The number of para-hydroxylation sites is 2. The largest absolute Gasteiger partial charge is 0.376 e. The summed E-state index contributed by atoms with van der Waals surface area (Å²) in [7, 11) is 0. The minimum absolute atomic E-state index is 0.0486. The highest BCUT2D eigenvalue weighted by atomic mass is 32.2. The van der Waals surface area contributed by atoms with E-state index in [1.807, 2.05) is 6.07 Å². The van der Waals surface area contributed by atoms with E-state index in [1.165, 1.54) is 23.9 Å². The van der Waals surface area contributed by atoms with Crippen LogP contribution in [-0.4, -0.2) is 33.4 Å². The van der Waals surface area contributed by atoms with Crippen molar-refractivity contribution < 1.29 is 13.9 Å². The first-order chi connectivity index (χ1) is 14.5. The smallest absolute Gasteiger partial charge is 0.262 e. The predicted octanol–water partition coefficient (Wildman–Crippen LogP) is 3.83. The molecule has 8 heteroatoms. The number of benzene rings is 2. The van der Waals surface area contributed by atoms with Gasteiger partial charge in [-0.3, -0.25) is 14.2 Å². The van der Waals surface area contributed by atoms with Gasteiger partial charge in [-0.05, 0) is 44.0 Å². The van der Waals surface area contributed by atoms with Gasteiger partial charge in [0.1, 0.15) is 5.82 Å². The Morgan fingerprint density at radius 2 is 2.07 bits per heavy atom. The molecule has 2 atom stereocenters. The molecule has 30 heavy (non-hydrogen) atoms. The quantitative estimate of drug-likeness (QED) is 0.478. The highest BCUT2D eigenvalue weighted by Crippen LogP contribution is 2.25. The number of carbonyl (C=O) groups excluding carboxylic acids is 1. The molecule has 1 amide bonds. The minimum Gasteiger partial charge on any atom is -0.376 e. The molecule has 0 bridgehead atoms. The number of hydrogen-bond donors (Lipinski definition) is 1. The van der Waals surface area contributed by atoms with Crippen LogP contribution < -0.4 is 10.9 Å². The molecule has 0 unspecified atom stereocenters. The Bertz CT molecular complexity index is 1130. The Kier molecular flexibility index (Phi) is 6.15. The van der Waals surface area contributed by atoms with E-state index in [0.717, 1.165) is 12.8 Å². The number of thioether (sulfide) groups is 1. The molecule has 0 aliphatic carbocycles. The molecule has 1 N–H and O–H groups in total. The summed E-state index contributed by atoms with van der Waals surface area (Å²) in [4.78, 5) is 30.4. The number of hydrogen-bond acceptors (Lipinski definition) is 5. The Morgan fingerprint density at radius 3 is 2.83 bits per heavy atom. The molecule has 1 aliphatic rings. The Balaban J connectivity index is 1.62. The number of nitrogens with one attached hydrogen (secondary N) is 1. The van der Waals surface area contributed by atoms with Crippen LogP contribution in [0.2, 0.25) is 0 Å². The van der Waals surface area contributed by atoms with Crippen LogP contribution in [0.3, 0.4) is 0 Å². The number of aromatic nitrogens is 2. The highest BCUT2D eigenvalue weighted by Gasteiger charge is 2.23. The summed E-state index contributed by atoms with van der Waals surface area (Å²) in [6.07, 6.45) is 1.80. The number of fused-ring (bicyclic) bond motifs is 1. The van der Waals surface area contributed by atoms with Gasteiger partial charge in [0.25, 0.3) is 5.56 Å². The molecule has 0 radical (unpaired) electrons. The van der Waals surface area contributed by atoms with Crippen molar-refractivity contribution in [2.24, 2.45) is 0 Å². The monoisotopic (exact) mass is 427 g/mol. The van der Waals surface area contributed by atoms with Gasteiger partial charge in [0.15, 0.2) is 5.16 Å². The van der Waals surface area contributed by atoms with Crippen LogP contribution in [0.1, 0.15) is 19.8 Å². The Morgan fingerprint density at radius 1 is 1.30 bits per heavy atom. The van der Waals surface area contributed by atoms with Crippen LogP contribution in [0.15, 0.2) is 58.5 Å². The van der Waals surface area contributed by atoms with E-state index in [-0.39, 0.29) is 23.3 Å². The summed E-state index contributed by atoms with van der Waals surface area (Å²) in [6, 6.07) is 13.2. The molecule has 1 saturated heterocycles. The average molecular weight is 428 g/mol. The lowest BCUT2D eigenvalue weighted by Gasteiger charge is -2.18. The van der Waals surface area contributed by atoms with Crippen molar-refractivity contribution in [2.45, 2.75) is 42.8 Å². The van der Waals surface area contributed by atoms with Crippen molar-refractivity contribution in [2.75, 3.05) is 11.9 Å². The summed E-state index contributed by atoms with van der Waals surface area (Å²) >= 11 is 1.18. The average Bonchev–Trinajstić information content (AvgIpc) is 3.26. The van der Waals surface area contributed by atoms with Gasteiger partial charge in [0.2, 0.25) is 5.91 Å². The molecule has 3 aromatic rings. The van der Waals surface area contributed by atoms with Gasteiger partial charge < -0.3 is 10.1 Å². The lowest BCUT2D eigenvalue weighted by atomic mass is 10.2. The standard InChI is InChI=1S/C22H22FN3O3S/c1-14(20(27)24-19-11-5-3-9-17(19)23)30-22-25-18-10-4-2-8-16(18)21(28)26(22)13-15-7-6-12-29-15/h2-5,8-11,14-15H,6-7,12-13H2,1H3,(H,24,27)/t14-,15-/m1/s1. The van der Waals surface area contributed by atoms with Crippen LogP contribution in [-0.2, 0) is 16.1 Å². The number of rotatable bonds is 6. The maximum absolute atomic E-state index is 13.9. The lowest BCUT2D eigenvalue weighted by molar-refractivity contribution is -0.115. The SMILES string of the molecule is C[C@@H](Sc1nc2ccccc2c(=O)n1C[C@H]1CCCO1)C(=O)Nc1ccccc1F. The maximum Gasteiger partial charge on any atom is 0.262 e. The zero-order valence-electron chi connectivity index (χ0n) is 16.5. The minimum atomic E-state index is -0.589.